The fourth-order valence-electron chi connectivity index (χ4n) is 3.19. The highest BCUT2D eigenvalue weighted by atomic mass is 32.1. The van der Waals surface area contributed by atoms with Crippen LogP contribution in [0.4, 0.5) is 0 Å². The Balaban J connectivity index is 1.78. The van der Waals surface area contributed by atoms with E-state index in [0.717, 1.165) is 44.2 Å². The number of hydrogen-bond donors (Lipinski definition) is 1. The molecule has 0 aliphatic carbocycles. The first kappa shape index (κ1) is 18.4. The van der Waals surface area contributed by atoms with Crippen LogP contribution in [0, 0.1) is 12.8 Å². The predicted octanol–water partition coefficient (Wildman–Crippen LogP) is 2.12. The fraction of sp³-hybridized carbons (Fsp3) is 0.765. The smallest absolute Gasteiger partial charge is 0.234 e. The van der Waals surface area contributed by atoms with Gasteiger partial charge < -0.3 is 5.32 Å². The molecule has 0 bridgehead atoms. The Bertz CT molecular complexity index is 501. The number of aryl methyl sites for hydroxylation is 1. The minimum Gasteiger partial charge on any atom is -0.352 e. The zero-order valence-corrected chi connectivity index (χ0v) is 15.7. The molecule has 1 aromatic rings. The molecule has 2 heterocycles. The topological polar surface area (TPSA) is 48.5 Å². The lowest BCUT2D eigenvalue weighted by Gasteiger charge is -2.37. The van der Waals surface area contributed by atoms with Crippen LogP contribution in [0.1, 0.15) is 37.1 Å². The third-order valence-electron chi connectivity index (χ3n) is 4.65. The molecule has 0 unspecified atom stereocenters. The van der Waals surface area contributed by atoms with Crippen LogP contribution in [0.3, 0.4) is 0 Å². The summed E-state index contributed by atoms with van der Waals surface area (Å²) in [5.74, 6) is 0.649. The van der Waals surface area contributed by atoms with Crippen LogP contribution in [0.5, 0.6) is 0 Å². The van der Waals surface area contributed by atoms with E-state index >= 15 is 0 Å². The number of carbonyl (C=O) groups excluding carboxylic acids is 1. The molecular formula is C17H30N4OS. The second-order valence-corrected chi connectivity index (χ2v) is 7.80. The van der Waals surface area contributed by atoms with Crippen molar-refractivity contribution < 1.29 is 4.79 Å². The van der Waals surface area contributed by atoms with Crippen molar-refractivity contribution in [3.63, 3.8) is 0 Å². The molecule has 1 aliphatic rings. The molecule has 0 radical (unpaired) electrons. The van der Waals surface area contributed by atoms with Gasteiger partial charge in [0.2, 0.25) is 5.91 Å². The summed E-state index contributed by atoms with van der Waals surface area (Å²) in [6.45, 7) is 13.9. The number of aromatic nitrogens is 1. The Morgan fingerprint density at radius 1 is 1.48 bits per heavy atom. The van der Waals surface area contributed by atoms with Gasteiger partial charge in [-0.05, 0) is 32.4 Å². The molecule has 5 nitrogen and oxygen atoms in total. The lowest BCUT2D eigenvalue weighted by Crippen LogP contribution is -2.51. The zero-order valence-electron chi connectivity index (χ0n) is 14.8. The Kier molecular flexibility index (Phi) is 6.99. The van der Waals surface area contributed by atoms with E-state index in [1.54, 1.807) is 11.3 Å². The van der Waals surface area contributed by atoms with Gasteiger partial charge in [0.1, 0.15) is 0 Å². The SMILES string of the molecule is CCN(CC)CC(=O)N[C@H]1CCN(Cc2cnc(C)s2)C[C@@H]1C. The minimum absolute atomic E-state index is 0.164. The maximum atomic E-state index is 12.2. The molecule has 0 spiro atoms. The van der Waals surface area contributed by atoms with E-state index in [0.29, 0.717) is 18.5 Å². The molecular weight excluding hydrogens is 308 g/mol. The van der Waals surface area contributed by atoms with Gasteiger partial charge >= 0.3 is 0 Å². The van der Waals surface area contributed by atoms with Gasteiger partial charge in [-0.15, -0.1) is 11.3 Å². The maximum Gasteiger partial charge on any atom is 0.234 e. The van der Waals surface area contributed by atoms with Crippen LogP contribution >= 0.6 is 11.3 Å². The van der Waals surface area contributed by atoms with E-state index < -0.39 is 0 Å². The lowest BCUT2D eigenvalue weighted by molar-refractivity contribution is -0.123. The molecule has 1 amide bonds. The molecule has 1 fully saturated rings. The molecule has 0 saturated carbocycles. The van der Waals surface area contributed by atoms with Gasteiger partial charge in [-0.1, -0.05) is 20.8 Å². The monoisotopic (exact) mass is 338 g/mol. The van der Waals surface area contributed by atoms with E-state index in [1.165, 1.54) is 4.88 Å². The summed E-state index contributed by atoms with van der Waals surface area (Å²) in [6, 6.07) is 0.303. The first-order valence-corrected chi connectivity index (χ1v) is 9.48. The van der Waals surface area contributed by atoms with Crippen LogP contribution in [0.15, 0.2) is 6.20 Å². The molecule has 1 N–H and O–H groups in total. The minimum atomic E-state index is 0.164. The van der Waals surface area contributed by atoms with Crippen molar-refractivity contribution in [3.05, 3.63) is 16.1 Å². The number of nitrogens with zero attached hydrogens (tertiary/aromatic N) is 3. The summed E-state index contributed by atoms with van der Waals surface area (Å²) in [4.78, 5) is 22.5. The highest BCUT2D eigenvalue weighted by Gasteiger charge is 2.27. The van der Waals surface area contributed by atoms with Crippen molar-refractivity contribution in [2.24, 2.45) is 5.92 Å². The second kappa shape index (κ2) is 8.76. The largest absolute Gasteiger partial charge is 0.352 e. The van der Waals surface area contributed by atoms with Crippen molar-refractivity contribution in [1.29, 1.82) is 0 Å². The quantitative estimate of drug-likeness (QED) is 0.827. The third-order valence-corrected chi connectivity index (χ3v) is 5.54. The van der Waals surface area contributed by atoms with E-state index in [4.69, 9.17) is 0 Å². The number of likely N-dealkylation sites (tertiary alicyclic amines) is 1. The Hall–Kier alpha value is -0.980. The number of piperidine rings is 1. The summed E-state index contributed by atoms with van der Waals surface area (Å²) in [5.41, 5.74) is 0. The van der Waals surface area contributed by atoms with Gasteiger partial charge in [0, 0.05) is 36.8 Å². The number of nitrogens with one attached hydrogen (secondary N) is 1. The molecule has 2 rings (SSSR count). The summed E-state index contributed by atoms with van der Waals surface area (Å²) in [6.07, 6.45) is 3.02. The zero-order chi connectivity index (χ0) is 16.8. The van der Waals surface area contributed by atoms with Crippen LogP contribution in [0.2, 0.25) is 0 Å². The number of thiazole rings is 1. The molecule has 0 aromatic carbocycles. The van der Waals surface area contributed by atoms with Crippen LogP contribution < -0.4 is 5.32 Å². The maximum absolute atomic E-state index is 12.2. The van der Waals surface area contributed by atoms with Gasteiger partial charge in [0.15, 0.2) is 0 Å². The Morgan fingerprint density at radius 2 is 2.22 bits per heavy atom. The highest BCUT2D eigenvalue weighted by Crippen LogP contribution is 2.21. The normalized spacial score (nSPS) is 22.5. The number of likely N-dealkylation sites (N-methyl/N-ethyl adjacent to an activating group) is 1. The van der Waals surface area contributed by atoms with Crippen molar-refractivity contribution in [1.82, 2.24) is 20.1 Å². The fourth-order valence-corrected chi connectivity index (χ4v) is 4.03. The van der Waals surface area contributed by atoms with Crippen molar-refractivity contribution >= 4 is 17.2 Å². The molecule has 1 saturated heterocycles. The average Bonchev–Trinajstić information content (AvgIpc) is 2.92. The van der Waals surface area contributed by atoms with E-state index in [2.05, 4.69) is 47.8 Å². The number of amides is 1. The number of rotatable bonds is 7. The summed E-state index contributed by atoms with van der Waals surface area (Å²) >= 11 is 1.78. The molecule has 2 atom stereocenters. The number of hydrogen-bond acceptors (Lipinski definition) is 5. The first-order valence-electron chi connectivity index (χ1n) is 8.67. The van der Waals surface area contributed by atoms with Crippen molar-refractivity contribution in [2.45, 2.75) is 46.7 Å². The molecule has 130 valence electrons. The standard InChI is InChI=1S/C17H30N4OS/c1-5-20(6-2)12-17(22)19-16-7-8-21(10-13(16)3)11-15-9-18-14(4)23-15/h9,13,16H,5-8,10-12H2,1-4H3,(H,19,22)/t13-,16-/m0/s1. The summed E-state index contributed by atoms with van der Waals surface area (Å²) < 4.78 is 0. The molecule has 23 heavy (non-hydrogen) atoms. The van der Waals surface area contributed by atoms with Crippen molar-refractivity contribution in [2.75, 3.05) is 32.7 Å². The highest BCUT2D eigenvalue weighted by molar-refractivity contribution is 7.11. The lowest BCUT2D eigenvalue weighted by atomic mass is 9.93. The predicted molar refractivity (Wildman–Crippen MR) is 95.6 cm³/mol. The Labute approximate surface area is 144 Å². The van der Waals surface area contributed by atoms with Gasteiger partial charge in [-0.3, -0.25) is 14.6 Å². The molecule has 1 aromatic heterocycles. The second-order valence-electron chi connectivity index (χ2n) is 6.48. The first-order chi connectivity index (χ1) is 11.0. The average molecular weight is 339 g/mol. The third kappa shape index (κ3) is 5.55. The van der Waals surface area contributed by atoms with Gasteiger partial charge in [-0.25, -0.2) is 4.98 Å². The van der Waals surface area contributed by atoms with Crippen LogP contribution in [-0.2, 0) is 11.3 Å². The van der Waals surface area contributed by atoms with E-state index in [9.17, 15) is 4.79 Å². The molecule has 6 heteroatoms. The van der Waals surface area contributed by atoms with Crippen molar-refractivity contribution in [3.8, 4) is 0 Å². The molecule has 1 aliphatic heterocycles. The van der Waals surface area contributed by atoms with E-state index in [-0.39, 0.29) is 5.91 Å². The number of carbonyl (C=O) groups is 1. The summed E-state index contributed by atoms with van der Waals surface area (Å²) in [5, 5.41) is 4.37. The van der Waals surface area contributed by atoms with Gasteiger partial charge in [-0.2, -0.15) is 0 Å². The van der Waals surface area contributed by atoms with Gasteiger partial charge in [0.05, 0.1) is 11.6 Å². The Morgan fingerprint density at radius 3 is 2.78 bits per heavy atom. The van der Waals surface area contributed by atoms with Crippen LogP contribution in [0.25, 0.3) is 0 Å². The van der Waals surface area contributed by atoms with Gasteiger partial charge in [0.25, 0.3) is 0 Å². The summed E-state index contributed by atoms with van der Waals surface area (Å²) in [7, 11) is 0. The van der Waals surface area contributed by atoms with Crippen LogP contribution in [-0.4, -0.2) is 59.5 Å². The van der Waals surface area contributed by atoms with E-state index in [1.807, 2.05) is 6.20 Å².